The maximum Gasteiger partial charge on any atom is 0.231 e. The number of para-hydroxylation sites is 1. The number of ether oxygens (including phenoxy) is 3. The van der Waals surface area contributed by atoms with Gasteiger partial charge in [-0.05, 0) is 42.0 Å². The molecule has 0 spiro atoms. The largest absolute Gasteiger partial charge is 0.496 e. The first-order valence-electron chi connectivity index (χ1n) is 8.83. The summed E-state index contributed by atoms with van der Waals surface area (Å²) in [6.45, 7) is 0.313. The molecule has 1 aliphatic heterocycles. The summed E-state index contributed by atoms with van der Waals surface area (Å²) in [7, 11) is 1.58. The second-order valence-electron chi connectivity index (χ2n) is 6.38. The van der Waals surface area contributed by atoms with E-state index in [1.165, 1.54) is 0 Å². The van der Waals surface area contributed by atoms with Gasteiger partial charge in [-0.25, -0.2) is 0 Å². The van der Waals surface area contributed by atoms with E-state index in [0.29, 0.717) is 39.5 Å². The van der Waals surface area contributed by atoms with Crippen molar-refractivity contribution < 1.29 is 19.0 Å². The number of Topliss-reactive ketones (excluding diaryl/α,β-unsaturated/α-hetero) is 1. The van der Waals surface area contributed by atoms with Crippen LogP contribution >= 0.6 is 23.2 Å². The van der Waals surface area contributed by atoms with Crippen molar-refractivity contribution in [3.63, 3.8) is 0 Å². The smallest absolute Gasteiger partial charge is 0.231 e. The zero-order valence-electron chi connectivity index (χ0n) is 15.4. The predicted molar refractivity (Wildman–Crippen MR) is 113 cm³/mol. The van der Waals surface area contributed by atoms with Gasteiger partial charge in [0.1, 0.15) is 23.9 Å². The molecular weight excluding hydrogens is 411 g/mol. The number of hydrogen-bond donors (Lipinski definition) is 0. The van der Waals surface area contributed by atoms with Crippen LogP contribution in [0.4, 0.5) is 0 Å². The molecule has 3 aromatic rings. The second-order valence-corrected chi connectivity index (χ2v) is 7.19. The maximum absolute atomic E-state index is 12.7. The third kappa shape index (κ3) is 4.09. The highest BCUT2D eigenvalue weighted by atomic mass is 35.5. The Balaban J connectivity index is 1.52. The Bertz CT molecular complexity index is 1120. The number of carbonyl (C=O) groups excluding carboxylic acids is 1. The number of ketones is 1. The van der Waals surface area contributed by atoms with E-state index < -0.39 is 0 Å². The summed E-state index contributed by atoms with van der Waals surface area (Å²) in [5.41, 5.74) is 2.14. The van der Waals surface area contributed by atoms with Gasteiger partial charge in [-0.15, -0.1) is 0 Å². The van der Waals surface area contributed by atoms with E-state index in [9.17, 15) is 4.79 Å². The Labute approximate surface area is 178 Å². The monoisotopic (exact) mass is 426 g/mol. The van der Waals surface area contributed by atoms with Gasteiger partial charge in [0.25, 0.3) is 0 Å². The lowest BCUT2D eigenvalue weighted by Crippen LogP contribution is -1.98. The summed E-state index contributed by atoms with van der Waals surface area (Å²) in [5, 5.41) is 0.969. The maximum atomic E-state index is 12.7. The fourth-order valence-corrected chi connectivity index (χ4v) is 3.30. The van der Waals surface area contributed by atoms with Gasteiger partial charge in [0.2, 0.25) is 5.78 Å². The first-order chi connectivity index (χ1) is 14.0. The van der Waals surface area contributed by atoms with E-state index in [1.54, 1.807) is 43.5 Å². The molecule has 0 radical (unpaired) electrons. The van der Waals surface area contributed by atoms with Crippen molar-refractivity contribution in [1.29, 1.82) is 0 Å². The highest BCUT2D eigenvalue weighted by Gasteiger charge is 2.28. The molecule has 4 rings (SSSR count). The first kappa shape index (κ1) is 19.4. The zero-order valence-corrected chi connectivity index (χ0v) is 17.0. The normalized spacial score (nSPS) is 13.9. The molecule has 1 heterocycles. The molecule has 0 fully saturated rings. The van der Waals surface area contributed by atoms with Crippen LogP contribution in [0.2, 0.25) is 10.0 Å². The lowest BCUT2D eigenvalue weighted by Gasteiger charge is -2.08. The molecular formula is C23H16Cl2O4. The Morgan fingerprint density at radius 3 is 2.62 bits per heavy atom. The molecule has 0 N–H and O–H groups in total. The number of benzene rings is 3. The van der Waals surface area contributed by atoms with E-state index in [4.69, 9.17) is 37.4 Å². The SMILES string of the molecule is COc1ccccc1/C=C1\Oc2cc(OCc3ccc(Cl)c(Cl)c3)ccc2C1=O. The number of hydrogen-bond acceptors (Lipinski definition) is 4. The lowest BCUT2D eigenvalue weighted by atomic mass is 10.1. The van der Waals surface area contributed by atoms with Crippen molar-refractivity contribution in [1.82, 2.24) is 0 Å². The predicted octanol–water partition coefficient (Wildman–Crippen LogP) is 6.20. The van der Waals surface area contributed by atoms with Crippen molar-refractivity contribution in [2.75, 3.05) is 7.11 Å². The number of halogens is 2. The lowest BCUT2D eigenvalue weighted by molar-refractivity contribution is 0.101. The Hall–Kier alpha value is -2.95. The number of methoxy groups -OCH3 is 1. The van der Waals surface area contributed by atoms with Gasteiger partial charge in [-0.1, -0.05) is 47.5 Å². The van der Waals surface area contributed by atoms with Gasteiger partial charge >= 0.3 is 0 Å². The van der Waals surface area contributed by atoms with E-state index in [2.05, 4.69) is 0 Å². The van der Waals surface area contributed by atoms with E-state index in [-0.39, 0.29) is 11.5 Å². The van der Waals surface area contributed by atoms with Crippen molar-refractivity contribution in [2.45, 2.75) is 6.61 Å². The van der Waals surface area contributed by atoms with Gasteiger partial charge in [0.05, 0.1) is 22.7 Å². The molecule has 0 unspecified atom stereocenters. The molecule has 0 saturated heterocycles. The first-order valence-corrected chi connectivity index (χ1v) is 9.59. The van der Waals surface area contributed by atoms with Crippen LogP contribution < -0.4 is 14.2 Å². The molecule has 0 amide bonds. The van der Waals surface area contributed by atoms with Gasteiger partial charge in [0, 0.05) is 11.6 Å². The molecule has 0 aliphatic carbocycles. The molecule has 0 atom stereocenters. The summed E-state index contributed by atoms with van der Waals surface area (Å²) in [6.07, 6.45) is 1.68. The summed E-state index contributed by atoms with van der Waals surface area (Å²) in [6, 6.07) is 17.9. The third-order valence-corrected chi connectivity index (χ3v) is 5.20. The van der Waals surface area contributed by atoms with E-state index in [1.807, 2.05) is 30.3 Å². The topological polar surface area (TPSA) is 44.8 Å². The summed E-state index contributed by atoms with van der Waals surface area (Å²) >= 11 is 12.0. The minimum absolute atomic E-state index is 0.179. The van der Waals surface area contributed by atoms with E-state index in [0.717, 1.165) is 11.1 Å². The molecule has 1 aliphatic rings. The van der Waals surface area contributed by atoms with Crippen LogP contribution in [0, 0.1) is 0 Å². The third-order valence-electron chi connectivity index (χ3n) is 4.46. The molecule has 146 valence electrons. The van der Waals surface area contributed by atoms with Crippen LogP contribution in [-0.4, -0.2) is 12.9 Å². The van der Waals surface area contributed by atoms with Crippen LogP contribution in [0.5, 0.6) is 17.2 Å². The van der Waals surface area contributed by atoms with Crippen LogP contribution in [0.25, 0.3) is 6.08 Å². The molecule has 0 aromatic heterocycles. The minimum atomic E-state index is -0.179. The molecule has 0 bridgehead atoms. The summed E-state index contributed by atoms with van der Waals surface area (Å²) < 4.78 is 16.9. The highest BCUT2D eigenvalue weighted by molar-refractivity contribution is 6.42. The molecule has 6 heteroatoms. The van der Waals surface area contributed by atoms with E-state index >= 15 is 0 Å². The molecule has 29 heavy (non-hydrogen) atoms. The fraction of sp³-hybridized carbons (Fsp3) is 0.0870. The number of carbonyl (C=O) groups is 1. The zero-order chi connectivity index (χ0) is 20.4. The van der Waals surface area contributed by atoms with Crippen LogP contribution in [-0.2, 0) is 6.61 Å². The Morgan fingerprint density at radius 2 is 1.83 bits per heavy atom. The number of fused-ring (bicyclic) bond motifs is 1. The van der Waals surface area contributed by atoms with Crippen LogP contribution in [0.1, 0.15) is 21.5 Å². The molecule has 4 nitrogen and oxygen atoms in total. The van der Waals surface area contributed by atoms with Crippen molar-refractivity contribution in [3.8, 4) is 17.2 Å². The Morgan fingerprint density at radius 1 is 1.00 bits per heavy atom. The molecule has 3 aromatic carbocycles. The van der Waals surface area contributed by atoms with Gasteiger partial charge in [-0.2, -0.15) is 0 Å². The summed E-state index contributed by atoms with van der Waals surface area (Å²) in [5.74, 6) is 1.77. The number of rotatable bonds is 5. The van der Waals surface area contributed by atoms with Crippen molar-refractivity contribution in [3.05, 3.63) is 93.2 Å². The van der Waals surface area contributed by atoms with Crippen LogP contribution in [0.3, 0.4) is 0 Å². The highest BCUT2D eigenvalue weighted by Crippen LogP contribution is 2.36. The second kappa shape index (κ2) is 8.19. The quantitative estimate of drug-likeness (QED) is 0.455. The van der Waals surface area contributed by atoms with Gasteiger partial charge < -0.3 is 14.2 Å². The summed E-state index contributed by atoms with van der Waals surface area (Å²) in [4.78, 5) is 12.7. The average molecular weight is 427 g/mol. The Kier molecular flexibility index (Phi) is 5.47. The number of allylic oxidation sites excluding steroid dienone is 1. The molecule has 0 saturated carbocycles. The van der Waals surface area contributed by atoms with Crippen LogP contribution in [0.15, 0.2) is 66.4 Å². The average Bonchev–Trinajstić information content (AvgIpc) is 3.04. The fourth-order valence-electron chi connectivity index (χ4n) is 2.98. The standard InChI is InChI=1S/C23H16Cl2O4/c1-27-20-5-3-2-4-15(20)11-22-23(26)17-8-7-16(12-21(17)29-22)28-13-14-6-9-18(24)19(25)10-14/h2-12H,13H2,1H3/b22-11-. The van der Waals surface area contributed by atoms with Crippen molar-refractivity contribution in [2.24, 2.45) is 0 Å². The van der Waals surface area contributed by atoms with Gasteiger partial charge in [-0.3, -0.25) is 4.79 Å². The van der Waals surface area contributed by atoms with Crippen molar-refractivity contribution >= 4 is 35.1 Å². The minimum Gasteiger partial charge on any atom is -0.496 e. The van der Waals surface area contributed by atoms with Gasteiger partial charge in [0.15, 0.2) is 5.76 Å².